The molecular formula is C28H28BN7O3. The Morgan fingerprint density at radius 2 is 1.87 bits per heavy atom. The Kier molecular flexibility index (Phi) is 6.94. The molecule has 1 fully saturated rings. The fourth-order valence-electron chi connectivity index (χ4n) is 4.86. The molecule has 0 unspecified atom stereocenters. The number of hydrogen-bond acceptors (Lipinski definition) is 8. The van der Waals surface area contributed by atoms with Crippen molar-refractivity contribution in [3.05, 3.63) is 90.1 Å². The van der Waals surface area contributed by atoms with Crippen LogP contribution < -0.4 is 10.8 Å². The number of carbonyl (C=O) groups excluding carboxylic acids is 1. The average molecular weight is 521 g/mol. The molecule has 0 atom stereocenters. The standard InChI is InChI=1S/C28H28BN7O3/c29-23-16-32-36-25(30-15-19-6-8-22(9-7-19)26-31-18-39-34-26)14-24(33-27(23)36)21-10-12-35(13-11-21)28(37)38-17-20-4-2-1-3-5-20/h1-9,14,16,18,21,30H,10-13,15,17,29H2. The number of fused-ring (bicyclic) bond motifs is 1. The van der Waals surface area contributed by atoms with E-state index in [0.29, 0.717) is 25.5 Å². The van der Waals surface area contributed by atoms with Gasteiger partial charge < -0.3 is 19.5 Å². The van der Waals surface area contributed by atoms with Crippen LogP contribution in [-0.4, -0.2) is 56.7 Å². The van der Waals surface area contributed by atoms with E-state index in [1.165, 1.54) is 6.39 Å². The lowest BCUT2D eigenvalue weighted by Crippen LogP contribution is -2.38. The van der Waals surface area contributed by atoms with Crippen LogP contribution in [-0.2, 0) is 17.9 Å². The molecular weight excluding hydrogens is 493 g/mol. The number of piperidine rings is 1. The number of hydrogen-bond donors (Lipinski definition) is 1. The summed E-state index contributed by atoms with van der Waals surface area (Å²) < 4.78 is 12.2. The third-order valence-corrected chi connectivity index (χ3v) is 7.09. The Morgan fingerprint density at radius 1 is 1.08 bits per heavy atom. The van der Waals surface area contributed by atoms with Crippen molar-refractivity contribution in [3.8, 4) is 11.4 Å². The first kappa shape index (κ1) is 24.7. The van der Waals surface area contributed by atoms with Crippen LogP contribution in [0.2, 0.25) is 0 Å². The lowest BCUT2D eigenvalue weighted by atomic mass is 9.93. The van der Waals surface area contributed by atoms with Crippen LogP contribution in [0.3, 0.4) is 0 Å². The first-order valence-corrected chi connectivity index (χ1v) is 13.0. The van der Waals surface area contributed by atoms with E-state index in [2.05, 4.69) is 26.6 Å². The highest BCUT2D eigenvalue weighted by Gasteiger charge is 2.26. The molecule has 0 aliphatic carbocycles. The number of rotatable bonds is 7. The maximum Gasteiger partial charge on any atom is 0.410 e. The molecule has 1 N–H and O–H groups in total. The number of benzene rings is 2. The normalized spacial score (nSPS) is 14.0. The van der Waals surface area contributed by atoms with Crippen molar-refractivity contribution >= 4 is 30.9 Å². The highest BCUT2D eigenvalue weighted by molar-refractivity contribution is 6.36. The fourth-order valence-corrected chi connectivity index (χ4v) is 4.86. The van der Waals surface area contributed by atoms with Crippen molar-refractivity contribution in [2.45, 2.75) is 31.9 Å². The summed E-state index contributed by atoms with van der Waals surface area (Å²) in [6.45, 7) is 2.18. The van der Waals surface area contributed by atoms with Crippen LogP contribution in [0.1, 0.15) is 35.6 Å². The lowest BCUT2D eigenvalue weighted by molar-refractivity contribution is 0.0868. The van der Waals surface area contributed by atoms with Gasteiger partial charge in [0.05, 0.1) is 0 Å². The van der Waals surface area contributed by atoms with Gasteiger partial charge in [0, 0.05) is 49.1 Å². The van der Waals surface area contributed by atoms with Crippen molar-refractivity contribution < 1.29 is 14.1 Å². The second kappa shape index (κ2) is 11.0. The van der Waals surface area contributed by atoms with Crippen molar-refractivity contribution in [2.75, 3.05) is 18.4 Å². The predicted molar refractivity (Wildman–Crippen MR) is 148 cm³/mol. The van der Waals surface area contributed by atoms with Crippen LogP contribution in [0.5, 0.6) is 0 Å². The number of amides is 1. The van der Waals surface area contributed by atoms with Gasteiger partial charge in [-0.1, -0.05) is 59.8 Å². The molecule has 1 amide bonds. The first-order chi connectivity index (χ1) is 19.1. The zero-order valence-corrected chi connectivity index (χ0v) is 21.7. The molecule has 3 aromatic heterocycles. The van der Waals surface area contributed by atoms with Gasteiger partial charge in [0.15, 0.2) is 5.65 Å². The summed E-state index contributed by atoms with van der Waals surface area (Å²) in [4.78, 5) is 23.5. The highest BCUT2D eigenvalue weighted by atomic mass is 16.6. The van der Waals surface area contributed by atoms with Gasteiger partial charge >= 0.3 is 6.09 Å². The van der Waals surface area contributed by atoms with E-state index in [0.717, 1.165) is 52.2 Å². The summed E-state index contributed by atoms with van der Waals surface area (Å²) in [5.74, 6) is 1.70. The smallest absolute Gasteiger partial charge is 0.410 e. The number of nitrogens with zero attached hydrogens (tertiary/aromatic N) is 6. The molecule has 1 aliphatic heterocycles. The number of nitrogens with one attached hydrogen (secondary N) is 1. The van der Waals surface area contributed by atoms with Gasteiger partial charge in [0.1, 0.15) is 20.3 Å². The van der Waals surface area contributed by atoms with Crippen LogP contribution >= 0.6 is 0 Å². The van der Waals surface area contributed by atoms with E-state index in [1.807, 2.05) is 73.2 Å². The van der Waals surface area contributed by atoms with Gasteiger partial charge in [-0.15, -0.1) is 0 Å². The second-order valence-corrected chi connectivity index (χ2v) is 9.74. The third kappa shape index (κ3) is 5.47. The van der Waals surface area contributed by atoms with Crippen molar-refractivity contribution in [1.29, 1.82) is 0 Å². The van der Waals surface area contributed by atoms with Gasteiger partial charge in [-0.25, -0.2) is 9.78 Å². The molecule has 4 heterocycles. The largest absolute Gasteiger partial charge is 0.445 e. The number of ether oxygens (including phenoxy) is 1. The maximum atomic E-state index is 12.6. The quantitative estimate of drug-likeness (QED) is 0.325. The van der Waals surface area contributed by atoms with E-state index in [4.69, 9.17) is 14.2 Å². The summed E-state index contributed by atoms with van der Waals surface area (Å²) in [7, 11) is 2.02. The van der Waals surface area contributed by atoms with Crippen molar-refractivity contribution in [3.63, 3.8) is 0 Å². The molecule has 6 rings (SSSR count). The summed E-state index contributed by atoms with van der Waals surface area (Å²) in [6, 6.07) is 19.9. The molecule has 0 spiro atoms. The molecule has 0 radical (unpaired) electrons. The van der Waals surface area contributed by atoms with Crippen molar-refractivity contribution in [1.82, 2.24) is 29.6 Å². The molecule has 0 saturated carbocycles. The summed E-state index contributed by atoms with van der Waals surface area (Å²) in [6.07, 6.45) is 4.55. The van der Waals surface area contributed by atoms with Gasteiger partial charge in [-0.05, 0) is 29.4 Å². The molecule has 1 saturated heterocycles. The lowest BCUT2D eigenvalue weighted by Gasteiger charge is -2.31. The molecule has 39 heavy (non-hydrogen) atoms. The summed E-state index contributed by atoms with van der Waals surface area (Å²) in [5.41, 5.74) is 5.87. The summed E-state index contributed by atoms with van der Waals surface area (Å²) >= 11 is 0. The third-order valence-electron chi connectivity index (χ3n) is 7.09. The number of likely N-dealkylation sites (tertiary alicyclic amines) is 1. The van der Waals surface area contributed by atoms with Crippen LogP contribution in [0, 0.1) is 0 Å². The predicted octanol–water partition coefficient (Wildman–Crippen LogP) is 3.17. The fraction of sp³-hybridized carbons (Fsp3) is 0.250. The van der Waals surface area contributed by atoms with E-state index in [1.54, 1.807) is 4.90 Å². The topological polar surface area (TPSA) is 111 Å². The van der Waals surface area contributed by atoms with Gasteiger partial charge in [0.25, 0.3) is 0 Å². The van der Waals surface area contributed by atoms with E-state index >= 15 is 0 Å². The summed E-state index contributed by atoms with van der Waals surface area (Å²) in [5, 5.41) is 12.0. The molecule has 2 aromatic carbocycles. The van der Waals surface area contributed by atoms with Gasteiger partial charge in [0.2, 0.25) is 12.2 Å². The van der Waals surface area contributed by atoms with E-state index < -0.39 is 0 Å². The zero-order valence-electron chi connectivity index (χ0n) is 21.7. The maximum absolute atomic E-state index is 12.6. The Morgan fingerprint density at radius 3 is 2.62 bits per heavy atom. The molecule has 11 heteroatoms. The van der Waals surface area contributed by atoms with Crippen LogP contribution in [0.25, 0.3) is 17.0 Å². The Labute approximate surface area is 226 Å². The molecule has 0 bridgehead atoms. The minimum atomic E-state index is -0.264. The SMILES string of the molecule is Bc1cnn2c(NCc3ccc(-c4ncon4)cc3)cc(C3CCN(C(=O)OCc4ccccc4)CC3)nc12. The Balaban J connectivity index is 1.11. The number of anilines is 1. The molecule has 10 nitrogen and oxygen atoms in total. The monoisotopic (exact) mass is 521 g/mol. The zero-order chi connectivity index (χ0) is 26.6. The second-order valence-electron chi connectivity index (χ2n) is 9.74. The van der Waals surface area contributed by atoms with Crippen LogP contribution in [0.15, 0.2) is 77.8 Å². The first-order valence-electron chi connectivity index (χ1n) is 13.0. The number of carbonyl (C=O) groups is 1. The van der Waals surface area contributed by atoms with Crippen molar-refractivity contribution in [2.24, 2.45) is 0 Å². The molecule has 1 aliphatic rings. The molecule has 196 valence electrons. The Bertz CT molecular complexity index is 1550. The van der Waals surface area contributed by atoms with Gasteiger partial charge in [-0.2, -0.15) is 14.6 Å². The minimum Gasteiger partial charge on any atom is -0.445 e. The highest BCUT2D eigenvalue weighted by Crippen LogP contribution is 2.29. The van der Waals surface area contributed by atoms with E-state index in [-0.39, 0.29) is 18.6 Å². The van der Waals surface area contributed by atoms with Gasteiger partial charge in [-0.3, -0.25) is 0 Å². The number of aromatic nitrogens is 5. The molecule has 5 aromatic rings. The van der Waals surface area contributed by atoms with Crippen LogP contribution in [0.4, 0.5) is 10.6 Å². The average Bonchev–Trinajstić information content (AvgIpc) is 3.66. The Hall–Kier alpha value is -4.67. The minimum absolute atomic E-state index is 0.247. The van der Waals surface area contributed by atoms with E-state index in [9.17, 15) is 4.79 Å².